The number of rotatable bonds is 5. The summed E-state index contributed by atoms with van der Waals surface area (Å²) < 4.78 is 5.30. The number of nitrogens with one attached hydrogen (secondary N) is 1. The normalized spacial score (nSPS) is 16.8. The van der Waals surface area contributed by atoms with E-state index in [4.69, 9.17) is 16.3 Å². The van der Waals surface area contributed by atoms with Gasteiger partial charge in [0.2, 0.25) is 0 Å². The molecule has 0 spiro atoms. The molecular weight excluding hydrogens is 250 g/mol. The van der Waals surface area contributed by atoms with Gasteiger partial charge in [-0.2, -0.15) is 0 Å². The van der Waals surface area contributed by atoms with Gasteiger partial charge in [0.15, 0.2) is 0 Å². The SMILES string of the molecule is COc1cc(Cl)c(C2CCC2)cc1NC(C)C=O. The average molecular weight is 268 g/mol. The number of hydrogen-bond acceptors (Lipinski definition) is 3. The summed E-state index contributed by atoms with van der Waals surface area (Å²) in [6, 6.07) is 3.61. The van der Waals surface area contributed by atoms with Crippen LogP contribution in [0.15, 0.2) is 12.1 Å². The van der Waals surface area contributed by atoms with Crippen LogP contribution in [0.1, 0.15) is 37.7 Å². The minimum absolute atomic E-state index is 0.241. The lowest BCUT2D eigenvalue weighted by molar-refractivity contribution is -0.108. The van der Waals surface area contributed by atoms with Crippen LogP contribution in [0.2, 0.25) is 5.02 Å². The monoisotopic (exact) mass is 267 g/mol. The second-order valence-corrected chi connectivity index (χ2v) is 5.18. The van der Waals surface area contributed by atoms with E-state index in [1.54, 1.807) is 7.11 Å². The van der Waals surface area contributed by atoms with Gasteiger partial charge in [0.05, 0.1) is 18.8 Å². The van der Waals surface area contributed by atoms with Crippen molar-refractivity contribution in [3.63, 3.8) is 0 Å². The lowest BCUT2D eigenvalue weighted by atomic mass is 9.80. The Balaban J connectivity index is 2.32. The number of aldehydes is 1. The van der Waals surface area contributed by atoms with E-state index in [-0.39, 0.29) is 6.04 Å². The zero-order chi connectivity index (χ0) is 13.1. The van der Waals surface area contributed by atoms with Gasteiger partial charge in [0, 0.05) is 11.1 Å². The van der Waals surface area contributed by atoms with Gasteiger partial charge in [0.25, 0.3) is 0 Å². The number of halogens is 1. The second-order valence-electron chi connectivity index (χ2n) is 4.77. The standard InChI is InChI=1S/C14H18ClNO2/c1-9(8-17)16-13-6-11(10-4-3-5-10)12(15)7-14(13)18-2/h6-10,16H,3-5H2,1-2H3. The Morgan fingerprint density at radius 3 is 2.72 bits per heavy atom. The van der Waals surface area contributed by atoms with Crippen LogP contribution >= 0.6 is 11.6 Å². The molecule has 1 aromatic rings. The summed E-state index contributed by atoms with van der Waals surface area (Å²) >= 11 is 6.28. The zero-order valence-electron chi connectivity index (χ0n) is 10.7. The van der Waals surface area contributed by atoms with Crippen LogP contribution in [0.5, 0.6) is 5.75 Å². The van der Waals surface area contributed by atoms with E-state index < -0.39 is 0 Å². The molecule has 0 bridgehead atoms. The van der Waals surface area contributed by atoms with Gasteiger partial charge in [-0.15, -0.1) is 0 Å². The number of hydrogen-bond donors (Lipinski definition) is 1. The van der Waals surface area contributed by atoms with Crippen LogP contribution < -0.4 is 10.1 Å². The summed E-state index contributed by atoms with van der Waals surface area (Å²) in [6.45, 7) is 1.81. The van der Waals surface area contributed by atoms with Crippen molar-refractivity contribution in [2.75, 3.05) is 12.4 Å². The largest absolute Gasteiger partial charge is 0.495 e. The average Bonchev–Trinajstić information content (AvgIpc) is 2.30. The molecule has 1 aliphatic carbocycles. The van der Waals surface area contributed by atoms with E-state index >= 15 is 0 Å². The maximum atomic E-state index is 10.7. The molecule has 1 aromatic carbocycles. The van der Waals surface area contributed by atoms with Gasteiger partial charge in [-0.3, -0.25) is 0 Å². The van der Waals surface area contributed by atoms with E-state index in [0.29, 0.717) is 11.7 Å². The Hall–Kier alpha value is -1.22. The predicted octanol–water partition coefficient (Wildman–Crippen LogP) is 3.62. The van der Waals surface area contributed by atoms with Crippen LogP contribution in [0.25, 0.3) is 0 Å². The molecular formula is C14H18ClNO2. The Bertz CT molecular complexity index is 444. The highest BCUT2D eigenvalue weighted by Gasteiger charge is 2.23. The van der Waals surface area contributed by atoms with Crippen LogP contribution in [-0.4, -0.2) is 19.4 Å². The fourth-order valence-electron chi connectivity index (χ4n) is 2.16. The van der Waals surface area contributed by atoms with E-state index in [1.165, 1.54) is 19.3 Å². The van der Waals surface area contributed by atoms with E-state index in [1.807, 2.05) is 19.1 Å². The Morgan fingerprint density at radius 1 is 1.50 bits per heavy atom. The molecule has 1 atom stereocenters. The van der Waals surface area contributed by atoms with Crippen LogP contribution in [0.3, 0.4) is 0 Å². The van der Waals surface area contributed by atoms with Crippen molar-refractivity contribution in [2.45, 2.75) is 38.1 Å². The molecule has 3 nitrogen and oxygen atoms in total. The third-order valence-electron chi connectivity index (χ3n) is 3.45. The summed E-state index contributed by atoms with van der Waals surface area (Å²) in [5.74, 6) is 1.23. The third-order valence-corrected chi connectivity index (χ3v) is 3.78. The van der Waals surface area contributed by atoms with Crippen LogP contribution in [-0.2, 0) is 4.79 Å². The third kappa shape index (κ3) is 2.61. The number of ether oxygens (including phenoxy) is 1. The maximum Gasteiger partial charge on any atom is 0.143 e. The molecule has 1 fully saturated rings. The van der Waals surface area contributed by atoms with Crippen molar-refractivity contribution in [1.29, 1.82) is 0 Å². The highest BCUT2D eigenvalue weighted by atomic mass is 35.5. The predicted molar refractivity (Wildman–Crippen MR) is 73.7 cm³/mol. The summed E-state index contributed by atoms with van der Waals surface area (Å²) in [7, 11) is 1.60. The van der Waals surface area contributed by atoms with Crippen LogP contribution in [0.4, 0.5) is 5.69 Å². The highest BCUT2D eigenvalue weighted by Crippen LogP contribution is 2.43. The molecule has 0 radical (unpaired) electrons. The fourth-order valence-corrected chi connectivity index (χ4v) is 2.47. The summed E-state index contributed by atoms with van der Waals surface area (Å²) in [6.07, 6.45) is 4.51. The van der Waals surface area contributed by atoms with Gasteiger partial charge in [-0.1, -0.05) is 18.0 Å². The van der Waals surface area contributed by atoms with Crippen molar-refractivity contribution < 1.29 is 9.53 Å². The Kier molecular flexibility index (Phi) is 4.12. The minimum Gasteiger partial charge on any atom is -0.495 e. The molecule has 0 aliphatic heterocycles. The summed E-state index contributed by atoms with van der Waals surface area (Å²) in [5, 5.41) is 3.88. The highest BCUT2D eigenvalue weighted by molar-refractivity contribution is 6.31. The number of benzene rings is 1. The minimum atomic E-state index is -0.241. The first-order valence-electron chi connectivity index (χ1n) is 6.25. The van der Waals surface area contributed by atoms with E-state index in [0.717, 1.165) is 22.6 Å². The first-order valence-corrected chi connectivity index (χ1v) is 6.62. The molecule has 98 valence electrons. The summed E-state index contributed by atoms with van der Waals surface area (Å²) in [4.78, 5) is 10.7. The van der Waals surface area contributed by atoms with Crippen molar-refractivity contribution in [2.24, 2.45) is 0 Å². The molecule has 2 rings (SSSR count). The first kappa shape index (κ1) is 13.2. The quantitative estimate of drug-likeness (QED) is 0.828. The lowest BCUT2D eigenvalue weighted by Crippen LogP contribution is -2.17. The molecule has 0 heterocycles. The zero-order valence-corrected chi connectivity index (χ0v) is 11.5. The van der Waals surface area contributed by atoms with E-state index in [2.05, 4.69) is 5.32 Å². The van der Waals surface area contributed by atoms with Gasteiger partial charge < -0.3 is 14.8 Å². The Labute approximate surface area is 112 Å². The van der Waals surface area contributed by atoms with Crippen molar-refractivity contribution in [3.8, 4) is 5.75 Å². The van der Waals surface area contributed by atoms with Gasteiger partial charge in [-0.05, 0) is 37.3 Å². The van der Waals surface area contributed by atoms with Crippen molar-refractivity contribution in [1.82, 2.24) is 0 Å². The smallest absolute Gasteiger partial charge is 0.143 e. The first-order chi connectivity index (χ1) is 8.65. The lowest BCUT2D eigenvalue weighted by Gasteiger charge is -2.28. The molecule has 1 N–H and O–H groups in total. The molecule has 1 aliphatic rings. The van der Waals surface area contributed by atoms with Gasteiger partial charge >= 0.3 is 0 Å². The number of carbonyl (C=O) groups excluding carboxylic acids is 1. The number of methoxy groups -OCH3 is 1. The van der Waals surface area contributed by atoms with Crippen molar-refractivity contribution >= 4 is 23.6 Å². The maximum absolute atomic E-state index is 10.7. The molecule has 0 amide bonds. The van der Waals surface area contributed by atoms with E-state index in [9.17, 15) is 4.79 Å². The molecule has 1 unspecified atom stereocenters. The topological polar surface area (TPSA) is 38.3 Å². The van der Waals surface area contributed by atoms with Gasteiger partial charge in [0.1, 0.15) is 12.0 Å². The second kappa shape index (κ2) is 5.61. The fraction of sp³-hybridized carbons (Fsp3) is 0.500. The van der Waals surface area contributed by atoms with Crippen molar-refractivity contribution in [3.05, 3.63) is 22.7 Å². The van der Waals surface area contributed by atoms with Crippen LogP contribution in [0, 0.1) is 0 Å². The molecule has 0 aromatic heterocycles. The Morgan fingerprint density at radius 2 is 2.22 bits per heavy atom. The van der Waals surface area contributed by atoms with Gasteiger partial charge in [-0.25, -0.2) is 0 Å². The number of anilines is 1. The number of carbonyl (C=O) groups is 1. The molecule has 1 saturated carbocycles. The molecule has 0 saturated heterocycles. The summed E-state index contributed by atoms with van der Waals surface area (Å²) in [5.41, 5.74) is 1.99. The molecule has 4 heteroatoms. The molecule has 18 heavy (non-hydrogen) atoms.